The molecule has 2 amide bonds. The largest absolute Gasteiger partial charge is 0.474 e. The first kappa shape index (κ1) is 25.3. The van der Waals surface area contributed by atoms with Crippen molar-refractivity contribution in [2.45, 2.75) is 70.7 Å². The summed E-state index contributed by atoms with van der Waals surface area (Å²) in [6.45, 7) is 8.21. The zero-order chi connectivity index (χ0) is 26.0. The van der Waals surface area contributed by atoms with Gasteiger partial charge in [-0.1, -0.05) is 0 Å². The predicted molar refractivity (Wildman–Crippen MR) is 138 cm³/mol. The second-order valence-electron chi connectivity index (χ2n) is 10.7. The average Bonchev–Trinajstić information content (AvgIpc) is 3.54. The third kappa shape index (κ3) is 6.12. The number of carbonyl (C=O) groups excluding carboxylic acids is 2. The minimum absolute atomic E-state index is 0.0256. The molecule has 2 saturated heterocycles. The molecule has 5 rings (SSSR count). The number of piperidine rings is 1. The molecular formula is C27H35N5O5. The highest BCUT2D eigenvalue weighted by Crippen LogP contribution is 2.36. The number of benzene rings is 1. The lowest BCUT2D eigenvalue weighted by Gasteiger charge is -2.33. The first-order valence-electron chi connectivity index (χ1n) is 13.0. The molecule has 2 fully saturated rings. The summed E-state index contributed by atoms with van der Waals surface area (Å²) in [5.74, 6) is 1.21. The summed E-state index contributed by atoms with van der Waals surface area (Å²) in [7, 11) is 0. The van der Waals surface area contributed by atoms with Crippen LogP contribution < -0.4 is 15.0 Å². The van der Waals surface area contributed by atoms with E-state index in [0.717, 1.165) is 48.6 Å². The van der Waals surface area contributed by atoms with Gasteiger partial charge < -0.3 is 29.3 Å². The Morgan fingerprint density at radius 2 is 1.89 bits per heavy atom. The molecule has 37 heavy (non-hydrogen) atoms. The van der Waals surface area contributed by atoms with Crippen LogP contribution in [0.3, 0.4) is 0 Å². The van der Waals surface area contributed by atoms with E-state index in [-0.39, 0.29) is 24.2 Å². The van der Waals surface area contributed by atoms with Crippen molar-refractivity contribution in [2.24, 2.45) is 0 Å². The van der Waals surface area contributed by atoms with Gasteiger partial charge in [0, 0.05) is 56.5 Å². The highest BCUT2D eigenvalue weighted by Gasteiger charge is 2.29. The van der Waals surface area contributed by atoms with Crippen LogP contribution in [0.1, 0.15) is 52.0 Å². The Labute approximate surface area is 217 Å². The smallest absolute Gasteiger partial charge is 0.410 e. The van der Waals surface area contributed by atoms with Crippen molar-refractivity contribution in [1.82, 2.24) is 14.9 Å². The fourth-order valence-corrected chi connectivity index (χ4v) is 4.92. The van der Waals surface area contributed by atoms with Crippen molar-refractivity contribution in [2.75, 3.05) is 36.5 Å². The quantitative estimate of drug-likeness (QED) is 0.643. The normalized spacial score (nSPS) is 20.0. The van der Waals surface area contributed by atoms with Crippen molar-refractivity contribution in [3.05, 3.63) is 36.2 Å². The lowest BCUT2D eigenvalue weighted by atomic mass is 10.1. The number of nitrogens with zero attached hydrogens (tertiary/aromatic N) is 4. The summed E-state index contributed by atoms with van der Waals surface area (Å²) >= 11 is 0. The van der Waals surface area contributed by atoms with Crippen LogP contribution >= 0.6 is 0 Å². The number of hydrogen-bond acceptors (Lipinski definition) is 8. The Bertz CT molecular complexity index is 1140. The monoisotopic (exact) mass is 509 g/mol. The van der Waals surface area contributed by atoms with E-state index in [9.17, 15) is 9.59 Å². The molecule has 0 radical (unpaired) electrons. The Morgan fingerprint density at radius 1 is 1.08 bits per heavy atom. The molecule has 2 aromatic rings. The van der Waals surface area contributed by atoms with Crippen LogP contribution in [-0.4, -0.2) is 70.9 Å². The Morgan fingerprint density at radius 3 is 2.62 bits per heavy atom. The van der Waals surface area contributed by atoms with Gasteiger partial charge >= 0.3 is 6.09 Å². The molecule has 1 aromatic heterocycles. The maximum Gasteiger partial charge on any atom is 0.410 e. The summed E-state index contributed by atoms with van der Waals surface area (Å²) in [5.41, 5.74) is 2.49. The molecule has 1 unspecified atom stereocenters. The first-order chi connectivity index (χ1) is 17.7. The molecule has 1 atom stereocenters. The Kier molecular flexibility index (Phi) is 7.19. The van der Waals surface area contributed by atoms with E-state index < -0.39 is 5.60 Å². The SMILES string of the molecule is CC(C)(C)OC(=O)N1CCC(Oc2cc(N3CCc4cc(NC(=O)C5CCCO5)ccc43)ncn2)CC1. The molecule has 1 N–H and O–H groups in total. The number of nitrogens with one attached hydrogen (secondary N) is 1. The summed E-state index contributed by atoms with van der Waals surface area (Å²) in [4.78, 5) is 37.4. The van der Waals surface area contributed by atoms with Crippen LogP contribution in [0.5, 0.6) is 5.88 Å². The van der Waals surface area contributed by atoms with Gasteiger partial charge in [0.2, 0.25) is 5.88 Å². The van der Waals surface area contributed by atoms with Gasteiger partial charge in [-0.3, -0.25) is 4.79 Å². The van der Waals surface area contributed by atoms with E-state index in [1.54, 1.807) is 4.90 Å². The molecule has 10 heteroatoms. The third-order valence-electron chi connectivity index (χ3n) is 6.75. The van der Waals surface area contributed by atoms with E-state index in [2.05, 4.69) is 20.2 Å². The average molecular weight is 510 g/mol. The molecule has 0 bridgehead atoms. The van der Waals surface area contributed by atoms with Crippen LogP contribution in [0.4, 0.5) is 22.0 Å². The fourth-order valence-electron chi connectivity index (χ4n) is 4.92. The summed E-state index contributed by atoms with van der Waals surface area (Å²) in [6, 6.07) is 7.82. The number of hydrogen-bond donors (Lipinski definition) is 1. The van der Waals surface area contributed by atoms with Crippen molar-refractivity contribution in [1.29, 1.82) is 0 Å². The van der Waals surface area contributed by atoms with E-state index in [0.29, 0.717) is 38.4 Å². The summed E-state index contributed by atoms with van der Waals surface area (Å²) < 4.78 is 17.1. The third-order valence-corrected chi connectivity index (χ3v) is 6.75. The molecule has 0 saturated carbocycles. The molecule has 1 aromatic carbocycles. The number of amides is 2. The lowest BCUT2D eigenvalue weighted by molar-refractivity contribution is -0.124. The Balaban J connectivity index is 1.18. The van der Waals surface area contributed by atoms with Gasteiger partial charge in [0.05, 0.1) is 0 Å². The molecular weight excluding hydrogens is 474 g/mol. The van der Waals surface area contributed by atoms with Crippen LogP contribution in [0.25, 0.3) is 0 Å². The van der Waals surface area contributed by atoms with Crippen LogP contribution in [0.15, 0.2) is 30.6 Å². The molecule has 198 valence electrons. The van der Waals surface area contributed by atoms with Gasteiger partial charge in [-0.2, -0.15) is 0 Å². The minimum atomic E-state index is -0.504. The van der Waals surface area contributed by atoms with Gasteiger partial charge in [-0.15, -0.1) is 0 Å². The van der Waals surface area contributed by atoms with E-state index in [1.165, 1.54) is 6.33 Å². The highest BCUT2D eigenvalue weighted by atomic mass is 16.6. The number of fused-ring (bicyclic) bond motifs is 1. The number of carbonyl (C=O) groups is 2. The van der Waals surface area contributed by atoms with Crippen molar-refractivity contribution < 1.29 is 23.8 Å². The van der Waals surface area contributed by atoms with E-state index in [1.807, 2.05) is 45.0 Å². The second kappa shape index (κ2) is 10.5. The van der Waals surface area contributed by atoms with Gasteiger partial charge in [0.25, 0.3) is 5.91 Å². The number of anilines is 3. The van der Waals surface area contributed by atoms with Gasteiger partial charge in [0.15, 0.2) is 0 Å². The molecule has 4 heterocycles. The topological polar surface area (TPSA) is 106 Å². The van der Waals surface area contributed by atoms with E-state index >= 15 is 0 Å². The standard InChI is InChI=1S/C27H35N5O5/c1-27(2,3)37-26(34)31-11-9-20(10-12-31)36-24-16-23(28-17-29-24)32-13-8-18-15-19(6-7-21(18)32)30-25(33)22-5-4-14-35-22/h6-7,15-17,20,22H,4-5,8-14H2,1-3H3,(H,30,33). The highest BCUT2D eigenvalue weighted by molar-refractivity contribution is 5.94. The minimum Gasteiger partial charge on any atom is -0.474 e. The fraction of sp³-hybridized carbons (Fsp3) is 0.556. The van der Waals surface area contributed by atoms with E-state index in [4.69, 9.17) is 14.2 Å². The van der Waals surface area contributed by atoms with Crippen molar-refractivity contribution >= 4 is 29.2 Å². The predicted octanol–water partition coefficient (Wildman–Crippen LogP) is 4.07. The van der Waals surface area contributed by atoms with Gasteiger partial charge in [-0.05, 0) is 63.8 Å². The maximum atomic E-state index is 12.4. The van der Waals surface area contributed by atoms with Crippen LogP contribution in [0, 0.1) is 0 Å². The summed E-state index contributed by atoms with van der Waals surface area (Å²) in [5, 5.41) is 2.98. The molecule has 0 aliphatic carbocycles. The lowest BCUT2D eigenvalue weighted by Crippen LogP contribution is -2.44. The molecule has 0 spiro atoms. The van der Waals surface area contributed by atoms with Gasteiger partial charge in [-0.25, -0.2) is 14.8 Å². The van der Waals surface area contributed by atoms with Gasteiger partial charge in [0.1, 0.15) is 30.0 Å². The first-order valence-corrected chi connectivity index (χ1v) is 13.0. The zero-order valence-corrected chi connectivity index (χ0v) is 21.7. The Hall–Kier alpha value is -3.40. The summed E-state index contributed by atoms with van der Waals surface area (Å²) in [6.07, 6.45) is 4.83. The molecule has 3 aliphatic heterocycles. The maximum absolute atomic E-state index is 12.4. The van der Waals surface area contributed by atoms with Crippen LogP contribution in [-0.2, 0) is 20.7 Å². The number of aromatic nitrogens is 2. The number of likely N-dealkylation sites (tertiary alicyclic amines) is 1. The van der Waals surface area contributed by atoms with Crippen molar-refractivity contribution in [3.8, 4) is 5.88 Å². The number of ether oxygens (including phenoxy) is 3. The second-order valence-corrected chi connectivity index (χ2v) is 10.7. The molecule has 10 nitrogen and oxygen atoms in total. The van der Waals surface area contributed by atoms with Crippen LogP contribution in [0.2, 0.25) is 0 Å². The zero-order valence-electron chi connectivity index (χ0n) is 21.7. The molecule has 3 aliphatic rings. The van der Waals surface area contributed by atoms with Crippen molar-refractivity contribution in [3.63, 3.8) is 0 Å². The number of rotatable bonds is 5.